The molecule has 1 unspecified atom stereocenters. The summed E-state index contributed by atoms with van der Waals surface area (Å²) >= 11 is 0. The Balaban J connectivity index is 1.49. The molecular weight excluding hydrogens is 352 g/mol. The number of amides is 1. The number of hydrogen-bond donors (Lipinski definition) is 0. The van der Waals surface area contributed by atoms with E-state index in [1.807, 2.05) is 44.1 Å². The maximum absolute atomic E-state index is 12.7. The van der Waals surface area contributed by atoms with Crippen molar-refractivity contribution < 1.29 is 9.53 Å². The molecular formula is C22H32N4O2. The molecule has 0 bridgehead atoms. The topological polar surface area (TPSA) is 50.6 Å². The number of carbonyl (C=O) groups excluding carboxylic acids is 1. The summed E-state index contributed by atoms with van der Waals surface area (Å²) in [7, 11) is 5.43. The molecule has 6 heteroatoms. The molecule has 1 aromatic carbocycles. The molecule has 152 valence electrons. The monoisotopic (exact) mass is 384 g/mol. The van der Waals surface area contributed by atoms with E-state index in [4.69, 9.17) is 4.74 Å². The van der Waals surface area contributed by atoms with Crippen molar-refractivity contribution >= 4 is 5.91 Å². The van der Waals surface area contributed by atoms with Gasteiger partial charge in [0.25, 0.3) is 5.91 Å². The van der Waals surface area contributed by atoms with Crippen molar-refractivity contribution in [1.82, 2.24) is 19.6 Å². The highest BCUT2D eigenvalue weighted by Crippen LogP contribution is 2.19. The molecule has 1 aromatic heterocycles. The van der Waals surface area contributed by atoms with Crippen LogP contribution >= 0.6 is 0 Å². The summed E-state index contributed by atoms with van der Waals surface area (Å²) in [6.45, 7) is 5.96. The number of ether oxygens (including phenoxy) is 1. The number of rotatable bonds is 7. The molecule has 1 atom stereocenters. The third-order valence-corrected chi connectivity index (χ3v) is 5.58. The molecule has 1 aliphatic rings. The smallest absolute Gasteiger partial charge is 0.271 e. The van der Waals surface area contributed by atoms with Gasteiger partial charge in [0.15, 0.2) is 0 Å². The van der Waals surface area contributed by atoms with Gasteiger partial charge in [-0.05, 0) is 62.4 Å². The predicted octanol–water partition coefficient (Wildman–Crippen LogP) is 2.76. The Labute approximate surface area is 168 Å². The Kier molecular flexibility index (Phi) is 6.73. The zero-order chi connectivity index (χ0) is 20.1. The normalized spacial score (nSPS) is 17.5. The van der Waals surface area contributed by atoms with Crippen molar-refractivity contribution in [3.05, 3.63) is 47.3 Å². The fraction of sp³-hybridized carbons (Fsp3) is 0.545. The number of methoxy groups -OCH3 is 1. The maximum atomic E-state index is 12.7. The minimum atomic E-state index is 0.0541. The first kappa shape index (κ1) is 20.4. The van der Waals surface area contributed by atoms with Crippen LogP contribution in [0.15, 0.2) is 30.3 Å². The van der Waals surface area contributed by atoms with Crippen LogP contribution in [0.2, 0.25) is 0 Å². The summed E-state index contributed by atoms with van der Waals surface area (Å²) in [5, 5.41) is 4.29. The summed E-state index contributed by atoms with van der Waals surface area (Å²) in [5.41, 5.74) is 2.87. The van der Waals surface area contributed by atoms with E-state index < -0.39 is 0 Å². The lowest BCUT2D eigenvalue weighted by Gasteiger charge is -2.34. The number of piperidine rings is 1. The summed E-state index contributed by atoms with van der Waals surface area (Å²) in [5.74, 6) is 1.48. The first-order valence-corrected chi connectivity index (χ1v) is 10.1. The van der Waals surface area contributed by atoms with E-state index in [0.29, 0.717) is 11.6 Å². The van der Waals surface area contributed by atoms with Gasteiger partial charge in [-0.1, -0.05) is 12.1 Å². The molecule has 1 saturated heterocycles. The van der Waals surface area contributed by atoms with Crippen LogP contribution in [0, 0.1) is 12.8 Å². The summed E-state index contributed by atoms with van der Waals surface area (Å²) in [6, 6.07) is 10.2. The number of nitrogens with zero attached hydrogens (tertiary/aromatic N) is 4. The minimum Gasteiger partial charge on any atom is -0.497 e. The molecule has 2 heterocycles. The summed E-state index contributed by atoms with van der Waals surface area (Å²) in [4.78, 5) is 17.1. The van der Waals surface area contributed by atoms with Gasteiger partial charge in [0, 0.05) is 33.7 Å². The van der Waals surface area contributed by atoms with Crippen molar-refractivity contribution in [3.8, 4) is 5.75 Å². The number of benzene rings is 1. The average molecular weight is 385 g/mol. The second-order valence-corrected chi connectivity index (χ2v) is 7.89. The van der Waals surface area contributed by atoms with Gasteiger partial charge >= 0.3 is 0 Å². The third kappa shape index (κ3) is 5.13. The lowest BCUT2D eigenvalue weighted by Crippen LogP contribution is -2.42. The van der Waals surface area contributed by atoms with Crippen molar-refractivity contribution in [2.45, 2.75) is 26.2 Å². The van der Waals surface area contributed by atoms with E-state index in [1.54, 1.807) is 11.8 Å². The van der Waals surface area contributed by atoms with Gasteiger partial charge in [0.05, 0.1) is 12.8 Å². The van der Waals surface area contributed by atoms with E-state index in [2.05, 4.69) is 22.1 Å². The highest BCUT2D eigenvalue weighted by atomic mass is 16.5. The number of hydrogen-bond acceptors (Lipinski definition) is 4. The van der Waals surface area contributed by atoms with Crippen molar-refractivity contribution in [2.24, 2.45) is 13.0 Å². The molecule has 28 heavy (non-hydrogen) atoms. The Bertz CT molecular complexity index is 784. The van der Waals surface area contributed by atoms with Crippen LogP contribution in [-0.2, 0) is 13.5 Å². The number of aryl methyl sites for hydroxylation is 2. The van der Waals surface area contributed by atoms with E-state index in [-0.39, 0.29) is 5.91 Å². The van der Waals surface area contributed by atoms with Crippen molar-refractivity contribution in [1.29, 1.82) is 0 Å². The zero-order valence-electron chi connectivity index (χ0n) is 17.5. The molecule has 2 aromatic rings. The fourth-order valence-electron chi connectivity index (χ4n) is 4.06. The lowest BCUT2D eigenvalue weighted by atomic mass is 9.97. The van der Waals surface area contributed by atoms with Gasteiger partial charge in [-0.3, -0.25) is 9.48 Å². The molecule has 0 aliphatic carbocycles. The van der Waals surface area contributed by atoms with E-state index in [1.165, 1.54) is 18.4 Å². The molecule has 1 fully saturated rings. The largest absolute Gasteiger partial charge is 0.497 e. The number of aromatic nitrogens is 2. The molecule has 1 amide bonds. The van der Waals surface area contributed by atoms with Crippen LogP contribution in [-0.4, -0.2) is 65.8 Å². The van der Waals surface area contributed by atoms with E-state index in [0.717, 1.165) is 44.0 Å². The van der Waals surface area contributed by atoms with Crippen molar-refractivity contribution in [2.75, 3.05) is 40.3 Å². The predicted molar refractivity (Wildman–Crippen MR) is 111 cm³/mol. The highest BCUT2D eigenvalue weighted by molar-refractivity contribution is 5.92. The lowest BCUT2D eigenvalue weighted by molar-refractivity contribution is 0.0720. The van der Waals surface area contributed by atoms with E-state index in [9.17, 15) is 4.79 Å². The molecule has 3 rings (SSSR count). The number of carbonyl (C=O) groups is 1. The van der Waals surface area contributed by atoms with Crippen LogP contribution in [0.4, 0.5) is 0 Å². The third-order valence-electron chi connectivity index (χ3n) is 5.58. The SMILES string of the molecule is COc1ccc(CCN2CCCC(CN(C)C(=O)c3cc(C)nn3C)C2)cc1. The molecule has 6 nitrogen and oxygen atoms in total. The Hall–Kier alpha value is -2.34. The van der Waals surface area contributed by atoms with Gasteiger partial charge in [0.1, 0.15) is 11.4 Å². The zero-order valence-corrected chi connectivity index (χ0v) is 17.5. The first-order chi connectivity index (χ1) is 13.5. The van der Waals surface area contributed by atoms with Gasteiger partial charge in [-0.2, -0.15) is 5.10 Å². The molecule has 0 radical (unpaired) electrons. The van der Waals surface area contributed by atoms with Crippen molar-refractivity contribution in [3.63, 3.8) is 0 Å². The van der Waals surface area contributed by atoms with Gasteiger partial charge in [-0.15, -0.1) is 0 Å². The van der Waals surface area contributed by atoms with Crippen LogP contribution < -0.4 is 4.74 Å². The second-order valence-electron chi connectivity index (χ2n) is 7.89. The molecule has 0 N–H and O–H groups in total. The fourth-order valence-corrected chi connectivity index (χ4v) is 4.06. The highest BCUT2D eigenvalue weighted by Gasteiger charge is 2.24. The number of likely N-dealkylation sites (tertiary alicyclic amines) is 1. The molecule has 0 spiro atoms. The Morgan fingerprint density at radius 3 is 2.71 bits per heavy atom. The summed E-state index contributed by atoms with van der Waals surface area (Å²) in [6.07, 6.45) is 3.42. The average Bonchev–Trinajstić information content (AvgIpc) is 3.04. The van der Waals surface area contributed by atoms with Crippen LogP contribution in [0.3, 0.4) is 0 Å². The molecule has 1 aliphatic heterocycles. The Morgan fingerprint density at radius 1 is 1.32 bits per heavy atom. The second kappa shape index (κ2) is 9.24. The van der Waals surface area contributed by atoms with Crippen LogP contribution in [0.1, 0.15) is 34.6 Å². The first-order valence-electron chi connectivity index (χ1n) is 10.1. The standard InChI is InChI=1S/C22H32N4O2/c1-17-14-21(25(3)23-17)22(27)24(2)15-19-6-5-12-26(16-19)13-11-18-7-9-20(28-4)10-8-18/h7-10,14,19H,5-6,11-13,15-16H2,1-4H3. The van der Waals surface area contributed by atoms with Gasteiger partial charge < -0.3 is 14.5 Å². The van der Waals surface area contributed by atoms with Gasteiger partial charge in [-0.25, -0.2) is 0 Å². The van der Waals surface area contributed by atoms with Crippen LogP contribution in [0.25, 0.3) is 0 Å². The summed E-state index contributed by atoms with van der Waals surface area (Å²) < 4.78 is 6.90. The van der Waals surface area contributed by atoms with Gasteiger partial charge in [0.2, 0.25) is 0 Å². The quantitative estimate of drug-likeness (QED) is 0.737. The Morgan fingerprint density at radius 2 is 2.07 bits per heavy atom. The minimum absolute atomic E-state index is 0.0541. The van der Waals surface area contributed by atoms with E-state index >= 15 is 0 Å². The maximum Gasteiger partial charge on any atom is 0.271 e. The van der Waals surface area contributed by atoms with Crippen LogP contribution in [0.5, 0.6) is 5.75 Å². The molecule has 0 saturated carbocycles.